The van der Waals surface area contributed by atoms with Crippen LogP contribution >= 0.6 is 47.8 Å². The van der Waals surface area contributed by atoms with Crippen LogP contribution in [0.15, 0.2) is 37.7 Å². The van der Waals surface area contributed by atoms with Crippen LogP contribution in [0, 0.1) is 11.6 Å². The molecule has 23 heavy (non-hydrogen) atoms. The summed E-state index contributed by atoms with van der Waals surface area (Å²) in [7, 11) is 0. The highest BCUT2D eigenvalue weighted by atomic mass is 79.9. The van der Waals surface area contributed by atoms with Crippen molar-refractivity contribution in [3.63, 3.8) is 0 Å². The fourth-order valence-electron chi connectivity index (χ4n) is 1.65. The van der Waals surface area contributed by atoms with E-state index in [1.807, 2.05) is 0 Å². The van der Waals surface area contributed by atoms with Gasteiger partial charge in [-0.05, 0) is 50.1 Å². The lowest BCUT2D eigenvalue weighted by atomic mass is 10.2. The minimum atomic E-state index is -1.68. The smallest absolute Gasteiger partial charge is 0.344 e. The van der Waals surface area contributed by atoms with Gasteiger partial charge in [0.15, 0.2) is 11.6 Å². The van der Waals surface area contributed by atoms with E-state index in [9.17, 15) is 18.4 Å². The Morgan fingerprint density at radius 2 is 1.65 bits per heavy atom. The van der Waals surface area contributed by atoms with Crippen LogP contribution in [-0.4, -0.2) is 17.0 Å². The first kappa shape index (κ1) is 18.0. The van der Waals surface area contributed by atoms with Gasteiger partial charge in [-0.1, -0.05) is 15.9 Å². The summed E-state index contributed by atoms with van der Waals surface area (Å²) in [5.74, 6) is -5.92. The van der Waals surface area contributed by atoms with Gasteiger partial charge in [-0.2, -0.15) is 0 Å². The number of hydrogen-bond acceptors (Lipinski definition) is 3. The van der Waals surface area contributed by atoms with Crippen molar-refractivity contribution >= 4 is 59.7 Å². The minimum Gasteiger partial charge on any atom is -0.478 e. The van der Waals surface area contributed by atoms with Gasteiger partial charge in [-0.3, -0.25) is 0 Å². The van der Waals surface area contributed by atoms with Gasteiger partial charge in [0.2, 0.25) is 0 Å². The van der Waals surface area contributed by atoms with Crippen molar-refractivity contribution in [2.45, 2.75) is 0 Å². The van der Waals surface area contributed by atoms with Crippen LogP contribution < -0.4 is 4.74 Å². The van der Waals surface area contributed by atoms with E-state index in [0.29, 0.717) is 19.5 Å². The Morgan fingerprint density at radius 3 is 2.26 bits per heavy atom. The second-order valence-electron chi connectivity index (χ2n) is 4.21. The Kier molecular flexibility index (Phi) is 5.53. The SMILES string of the molecule is O=C(O)c1cc(OC(=O)c2cc(Br)cc(Br)c2Br)cc(F)c1F. The number of ether oxygens (including phenoxy) is 1. The molecule has 0 heterocycles. The van der Waals surface area contributed by atoms with Crippen LogP contribution in [0.4, 0.5) is 8.78 Å². The van der Waals surface area contributed by atoms with Gasteiger partial charge in [0.25, 0.3) is 0 Å². The van der Waals surface area contributed by atoms with E-state index in [4.69, 9.17) is 9.84 Å². The van der Waals surface area contributed by atoms with Crippen molar-refractivity contribution in [1.29, 1.82) is 0 Å². The Bertz CT molecular complexity index is 824. The molecule has 0 aliphatic rings. The molecule has 0 saturated carbocycles. The van der Waals surface area contributed by atoms with Crippen LogP contribution in [0.2, 0.25) is 0 Å². The average molecular weight is 515 g/mol. The molecule has 0 aliphatic heterocycles. The number of esters is 1. The Labute approximate surface area is 153 Å². The molecular weight excluding hydrogens is 510 g/mol. The first-order valence-corrected chi connectivity index (χ1v) is 8.17. The predicted octanol–water partition coefficient (Wildman–Crippen LogP) is 5.17. The number of hydrogen-bond donors (Lipinski definition) is 1. The van der Waals surface area contributed by atoms with Crippen molar-refractivity contribution < 1.29 is 28.2 Å². The summed E-state index contributed by atoms with van der Waals surface area (Å²) in [4.78, 5) is 23.0. The van der Waals surface area contributed by atoms with Gasteiger partial charge in [-0.15, -0.1) is 0 Å². The molecule has 0 aliphatic carbocycles. The molecule has 2 aromatic rings. The van der Waals surface area contributed by atoms with Crippen molar-refractivity contribution in [2.75, 3.05) is 0 Å². The molecule has 0 aromatic heterocycles. The summed E-state index contributed by atoms with van der Waals surface area (Å²) in [6.07, 6.45) is 0. The average Bonchev–Trinajstić information content (AvgIpc) is 2.45. The zero-order valence-corrected chi connectivity index (χ0v) is 15.6. The number of rotatable bonds is 3. The van der Waals surface area contributed by atoms with E-state index in [-0.39, 0.29) is 5.56 Å². The first-order chi connectivity index (χ1) is 10.7. The van der Waals surface area contributed by atoms with Crippen molar-refractivity contribution in [2.24, 2.45) is 0 Å². The predicted molar refractivity (Wildman–Crippen MR) is 87.8 cm³/mol. The van der Waals surface area contributed by atoms with Gasteiger partial charge in [0.1, 0.15) is 11.3 Å². The molecule has 0 radical (unpaired) electrons. The van der Waals surface area contributed by atoms with Crippen molar-refractivity contribution in [3.05, 3.63) is 60.4 Å². The zero-order valence-electron chi connectivity index (χ0n) is 10.9. The molecule has 0 spiro atoms. The number of carbonyl (C=O) groups is 2. The molecule has 0 saturated heterocycles. The topological polar surface area (TPSA) is 63.6 Å². The van der Waals surface area contributed by atoms with Gasteiger partial charge < -0.3 is 9.84 Å². The van der Waals surface area contributed by atoms with E-state index in [2.05, 4.69) is 47.8 Å². The molecular formula is C14H5Br3F2O4. The van der Waals surface area contributed by atoms with E-state index in [1.165, 1.54) is 6.07 Å². The summed E-state index contributed by atoms with van der Waals surface area (Å²) in [6, 6.07) is 4.47. The lowest BCUT2D eigenvalue weighted by Gasteiger charge is -2.09. The highest BCUT2D eigenvalue weighted by Crippen LogP contribution is 2.31. The monoisotopic (exact) mass is 512 g/mol. The molecule has 0 amide bonds. The third-order valence-corrected chi connectivity index (χ3v) is 5.13. The maximum absolute atomic E-state index is 13.4. The molecule has 2 aromatic carbocycles. The van der Waals surface area contributed by atoms with Crippen LogP contribution in [-0.2, 0) is 0 Å². The number of benzene rings is 2. The third kappa shape index (κ3) is 3.96. The van der Waals surface area contributed by atoms with E-state index < -0.39 is 34.9 Å². The largest absolute Gasteiger partial charge is 0.478 e. The van der Waals surface area contributed by atoms with Crippen LogP contribution in [0.1, 0.15) is 20.7 Å². The normalized spacial score (nSPS) is 10.5. The second-order valence-corrected chi connectivity index (χ2v) is 6.77. The molecule has 2 rings (SSSR count). The second kappa shape index (κ2) is 7.06. The van der Waals surface area contributed by atoms with Crippen LogP contribution in [0.25, 0.3) is 0 Å². The summed E-state index contributed by atoms with van der Waals surface area (Å²) in [6.45, 7) is 0. The van der Waals surface area contributed by atoms with E-state index in [1.54, 1.807) is 6.07 Å². The van der Waals surface area contributed by atoms with Gasteiger partial charge >= 0.3 is 11.9 Å². The Hall–Kier alpha value is -1.32. The number of carbonyl (C=O) groups excluding carboxylic acids is 1. The summed E-state index contributed by atoms with van der Waals surface area (Å²) in [5.41, 5.74) is -0.824. The highest BCUT2D eigenvalue weighted by Gasteiger charge is 2.20. The molecule has 0 bridgehead atoms. The molecule has 1 N–H and O–H groups in total. The van der Waals surface area contributed by atoms with Crippen molar-refractivity contribution in [1.82, 2.24) is 0 Å². The fourth-order valence-corrected chi connectivity index (χ4v) is 3.26. The highest BCUT2D eigenvalue weighted by molar-refractivity contribution is 9.13. The number of halogens is 5. The van der Waals surface area contributed by atoms with Gasteiger partial charge in [0, 0.05) is 19.5 Å². The molecule has 0 unspecified atom stereocenters. The maximum Gasteiger partial charge on any atom is 0.344 e. The molecule has 0 fully saturated rings. The molecule has 120 valence electrons. The number of carboxylic acid groups (broad SMARTS) is 1. The Morgan fingerprint density at radius 1 is 1.00 bits per heavy atom. The molecule has 9 heteroatoms. The molecule has 0 atom stereocenters. The summed E-state index contributed by atoms with van der Waals surface area (Å²) < 4.78 is 33.2. The van der Waals surface area contributed by atoms with Crippen molar-refractivity contribution in [3.8, 4) is 5.75 Å². The third-order valence-electron chi connectivity index (χ3n) is 2.66. The standard InChI is InChI=1S/C14H5Br3F2O4/c15-5-1-7(11(17)9(16)2-5)14(22)23-6-3-8(13(20)21)12(19)10(18)4-6/h1-4H,(H,20,21). The Balaban J connectivity index is 2.40. The van der Waals surface area contributed by atoms with E-state index in [0.717, 1.165) is 6.07 Å². The summed E-state index contributed by atoms with van der Waals surface area (Å²) in [5, 5.41) is 8.82. The lowest BCUT2D eigenvalue weighted by molar-refractivity contribution is 0.0680. The number of aromatic carboxylic acids is 1. The van der Waals surface area contributed by atoms with Crippen LogP contribution in [0.5, 0.6) is 5.75 Å². The first-order valence-electron chi connectivity index (χ1n) is 5.79. The van der Waals surface area contributed by atoms with E-state index >= 15 is 0 Å². The van der Waals surface area contributed by atoms with Gasteiger partial charge in [0.05, 0.1) is 5.56 Å². The van der Waals surface area contributed by atoms with Crippen LogP contribution in [0.3, 0.4) is 0 Å². The number of carboxylic acids is 1. The van der Waals surface area contributed by atoms with Gasteiger partial charge in [-0.25, -0.2) is 18.4 Å². The zero-order chi connectivity index (χ0) is 17.3. The molecule has 4 nitrogen and oxygen atoms in total. The summed E-state index contributed by atoms with van der Waals surface area (Å²) >= 11 is 9.63. The quantitative estimate of drug-likeness (QED) is 0.349. The lowest BCUT2D eigenvalue weighted by Crippen LogP contribution is -2.11. The minimum absolute atomic E-state index is 0.104. The maximum atomic E-state index is 13.4. The fraction of sp³-hybridized carbons (Fsp3) is 0.